The molecule has 0 saturated carbocycles. The molecule has 1 aliphatic carbocycles. The molecule has 84 valence electrons. The summed E-state index contributed by atoms with van der Waals surface area (Å²) in [5.74, 6) is 0. The standard InChI is InChI=1S/C17H13B/c1-10-5-6-11-13-7-8-16(18)14-4-2-3-12(17(13)14)15(11)9-10/h2-9H,18H2,1H3. The van der Waals surface area contributed by atoms with Gasteiger partial charge in [0.05, 0.1) is 0 Å². The normalized spacial score (nSPS) is 11.8. The molecule has 18 heavy (non-hydrogen) atoms. The lowest BCUT2D eigenvalue weighted by molar-refractivity contribution is 1.48. The zero-order chi connectivity index (χ0) is 12.3. The van der Waals surface area contributed by atoms with Gasteiger partial charge in [0.15, 0.2) is 0 Å². The van der Waals surface area contributed by atoms with Crippen molar-refractivity contribution in [2.75, 3.05) is 0 Å². The fourth-order valence-corrected chi connectivity index (χ4v) is 3.12. The third kappa shape index (κ3) is 1.12. The van der Waals surface area contributed by atoms with Gasteiger partial charge in [0, 0.05) is 0 Å². The second-order valence-corrected chi connectivity index (χ2v) is 5.21. The lowest BCUT2D eigenvalue weighted by Gasteiger charge is -2.04. The molecule has 1 heteroatoms. The van der Waals surface area contributed by atoms with Crippen LogP contribution in [0.5, 0.6) is 0 Å². The highest BCUT2D eigenvalue weighted by molar-refractivity contribution is 6.40. The molecule has 0 saturated heterocycles. The molecule has 0 spiro atoms. The molecule has 0 nitrogen and oxygen atoms in total. The van der Waals surface area contributed by atoms with Gasteiger partial charge >= 0.3 is 0 Å². The quantitative estimate of drug-likeness (QED) is 0.406. The maximum absolute atomic E-state index is 2.30. The van der Waals surface area contributed by atoms with Crippen LogP contribution in [0, 0.1) is 6.92 Å². The summed E-state index contributed by atoms with van der Waals surface area (Å²) in [7, 11) is 2.19. The highest BCUT2D eigenvalue weighted by Gasteiger charge is 2.21. The van der Waals surface area contributed by atoms with E-state index in [9.17, 15) is 0 Å². The van der Waals surface area contributed by atoms with E-state index < -0.39 is 0 Å². The van der Waals surface area contributed by atoms with E-state index in [0.29, 0.717) is 0 Å². The molecular formula is C17H13B. The van der Waals surface area contributed by atoms with Crippen LogP contribution in [0.15, 0.2) is 48.5 Å². The third-order valence-electron chi connectivity index (χ3n) is 4.01. The molecule has 0 atom stereocenters. The highest BCUT2D eigenvalue weighted by atomic mass is 14.2. The van der Waals surface area contributed by atoms with Gasteiger partial charge in [-0.2, -0.15) is 0 Å². The van der Waals surface area contributed by atoms with E-state index in [4.69, 9.17) is 0 Å². The van der Waals surface area contributed by atoms with Crippen LogP contribution in [0.3, 0.4) is 0 Å². The predicted octanol–water partition coefficient (Wildman–Crippen LogP) is 3.05. The van der Waals surface area contributed by atoms with Crippen molar-refractivity contribution in [3.8, 4) is 22.3 Å². The Labute approximate surface area is 108 Å². The number of benzene rings is 3. The minimum absolute atomic E-state index is 1.33. The van der Waals surface area contributed by atoms with Crippen LogP contribution in [0.1, 0.15) is 5.56 Å². The predicted molar refractivity (Wildman–Crippen MR) is 81.3 cm³/mol. The summed E-state index contributed by atoms with van der Waals surface area (Å²) in [5, 5.41) is 2.82. The first-order chi connectivity index (χ1) is 8.75. The number of hydrogen-bond acceptors (Lipinski definition) is 0. The summed E-state index contributed by atoms with van der Waals surface area (Å²) in [6, 6.07) is 17.9. The Kier molecular flexibility index (Phi) is 1.80. The summed E-state index contributed by atoms with van der Waals surface area (Å²) < 4.78 is 0. The van der Waals surface area contributed by atoms with Gasteiger partial charge in [-0.3, -0.25) is 0 Å². The monoisotopic (exact) mass is 228 g/mol. The molecule has 1 aliphatic rings. The number of fused-ring (bicyclic) bond motifs is 3. The topological polar surface area (TPSA) is 0 Å². The molecule has 0 aliphatic heterocycles. The summed E-state index contributed by atoms with van der Waals surface area (Å²) in [5.41, 5.74) is 8.24. The van der Waals surface area contributed by atoms with Gasteiger partial charge in [0.25, 0.3) is 0 Å². The number of hydrogen-bond donors (Lipinski definition) is 0. The first-order valence-corrected chi connectivity index (χ1v) is 6.39. The second kappa shape index (κ2) is 3.26. The first-order valence-electron chi connectivity index (χ1n) is 6.39. The fraction of sp³-hybridized carbons (Fsp3) is 0.0588. The number of rotatable bonds is 0. The summed E-state index contributed by atoms with van der Waals surface area (Å²) >= 11 is 0. The lowest BCUT2D eigenvalue weighted by atomic mass is 9.88. The van der Waals surface area contributed by atoms with Gasteiger partial charge in [-0.15, -0.1) is 0 Å². The first kappa shape index (κ1) is 9.96. The van der Waals surface area contributed by atoms with Crippen LogP contribution < -0.4 is 5.46 Å². The Morgan fingerprint density at radius 1 is 0.778 bits per heavy atom. The average Bonchev–Trinajstić information content (AvgIpc) is 2.69. The zero-order valence-electron chi connectivity index (χ0n) is 10.6. The Morgan fingerprint density at radius 2 is 1.56 bits per heavy atom. The van der Waals surface area contributed by atoms with Crippen molar-refractivity contribution < 1.29 is 0 Å². The highest BCUT2D eigenvalue weighted by Crippen LogP contribution is 2.46. The van der Waals surface area contributed by atoms with E-state index in [1.54, 1.807) is 0 Å². The Hall–Kier alpha value is -2.02. The van der Waals surface area contributed by atoms with E-state index in [-0.39, 0.29) is 0 Å². The molecule has 0 bridgehead atoms. The molecule has 0 unspecified atom stereocenters. The van der Waals surface area contributed by atoms with E-state index in [1.807, 2.05) is 0 Å². The largest absolute Gasteiger partial charge is 0.140 e. The lowest BCUT2D eigenvalue weighted by Crippen LogP contribution is -2.02. The Bertz CT molecular complexity index is 800. The minimum atomic E-state index is 1.33. The molecule has 0 fully saturated rings. The van der Waals surface area contributed by atoms with E-state index in [2.05, 4.69) is 63.3 Å². The zero-order valence-corrected chi connectivity index (χ0v) is 10.6. The summed E-state index contributed by atoms with van der Waals surface area (Å²) in [6.07, 6.45) is 0. The molecule has 3 aromatic carbocycles. The van der Waals surface area contributed by atoms with Crippen molar-refractivity contribution in [1.82, 2.24) is 0 Å². The molecule has 0 amide bonds. The number of aryl methyl sites for hydroxylation is 1. The van der Waals surface area contributed by atoms with Gasteiger partial charge < -0.3 is 0 Å². The van der Waals surface area contributed by atoms with Gasteiger partial charge in [-0.25, -0.2) is 0 Å². The second-order valence-electron chi connectivity index (χ2n) is 5.21. The molecule has 4 rings (SSSR count). The van der Waals surface area contributed by atoms with Crippen LogP contribution in [-0.2, 0) is 0 Å². The van der Waals surface area contributed by atoms with Crippen molar-refractivity contribution >= 4 is 24.1 Å². The maximum Gasteiger partial charge on any atom is 0.140 e. The van der Waals surface area contributed by atoms with Crippen molar-refractivity contribution in [3.63, 3.8) is 0 Å². The van der Waals surface area contributed by atoms with E-state index in [1.165, 1.54) is 44.1 Å². The third-order valence-corrected chi connectivity index (χ3v) is 4.01. The summed E-state index contributed by atoms with van der Waals surface area (Å²) in [6.45, 7) is 2.16. The molecular weight excluding hydrogens is 215 g/mol. The maximum atomic E-state index is 2.30. The average molecular weight is 228 g/mol. The van der Waals surface area contributed by atoms with E-state index >= 15 is 0 Å². The van der Waals surface area contributed by atoms with Gasteiger partial charge in [-0.1, -0.05) is 59.6 Å². The van der Waals surface area contributed by atoms with Crippen LogP contribution in [0.2, 0.25) is 0 Å². The Balaban J connectivity index is 2.26. The van der Waals surface area contributed by atoms with Gasteiger partial charge in [-0.05, 0) is 39.9 Å². The van der Waals surface area contributed by atoms with E-state index in [0.717, 1.165) is 0 Å². The smallest absolute Gasteiger partial charge is 0.0812 e. The Morgan fingerprint density at radius 3 is 2.44 bits per heavy atom. The van der Waals surface area contributed by atoms with Gasteiger partial charge in [0.2, 0.25) is 0 Å². The van der Waals surface area contributed by atoms with Crippen molar-refractivity contribution in [3.05, 3.63) is 54.1 Å². The van der Waals surface area contributed by atoms with Crippen LogP contribution in [-0.4, -0.2) is 7.85 Å². The van der Waals surface area contributed by atoms with Crippen LogP contribution >= 0.6 is 0 Å². The van der Waals surface area contributed by atoms with Crippen LogP contribution in [0.25, 0.3) is 33.0 Å². The molecule has 0 aromatic heterocycles. The van der Waals surface area contributed by atoms with Crippen molar-refractivity contribution in [2.45, 2.75) is 6.92 Å². The molecule has 3 aromatic rings. The van der Waals surface area contributed by atoms with Crippen LogP contribution in [0.4, 0.5) is 0 Å². The fourth-order valence-electron chi connectivity index (χ4n) is 3.12. The minimum Gasteiger partial charge on any atom is -0.0812 e. The van der Waals surface area contributed by atoms with Crippen molar-refractivity contribution in [1.29, 1.82) is 0 Å². The van der Waals surface area contributed by atoms with Gasteiger partial charge in [0.1, 0.15) is 7.85 Å². The molecule has 0 radical (unpaired) electrons. The summed E-state index contributed by atoms with van der Waals surface area (Å²) in [4.78, 5) is 0. The molecule has 0 heterocycles. The SMILES string of the molecule is Bc1ccc2c3c(cccc13)-c1cc(C)ccc1-2. The molecule has 0 N–H and O–H groups in total. The van der Waals surface area contributed by atoms with Crippen molar-refractivity contribution in [2.24, 2.45) is 0 Å².